The zero-order valence-electron chi connectivity index (χ0n) is 10.0. The van der Waals surface area contributed by atoms with Crippen molar-refractivity contribution in [3.63, 3.8) is 0 Å². The highest BCUT2D eigenvalue weighted by atomic mass is 16.3. The number of Topliss-reactive ketones (excluding diaryl/α,β-unsaturated/α-hetero) is 1. The first-order chi connectivity index (χ1) is 8.24. The summed E-state index contributed by atoms with van der Waals surface area (Å²) in [4.78, 5) is 11.6. The number of ketones is 1. The molecule has 1 aromatic carbocycles. The lowest BCUT2D eigenvalue weighted by molar-refractivity contribution is -0.120. The monoisotopic (exact) mass is 228 g/mol. The molecule has 1 saturated carbocycles. The molecule has 0 bridgehead atoms. The molecule has 88 valence electrons. The molecule has 1 aromatic heterocycles. The van der Waals surface area contributed by atoms with Crippen molar-refractivity contribution in [1.29, 1.82) is 0 Å². The quantitative estimate of drug-likeness (QED) is 0.799. The number of para-hydroxylation sites is 1. The number of carbonyl (C=O) groups is 1. The number of hydrogen-bond donors (Lipinski definition) is 0. The molecule has 0 amide bonds. The summed E-state index contributed by atoms with van der Waals surface area (Å²) in [6.45, 7) is 2.05. The zero-order chi connectivity index (χ0) is 11.8. The van der Waals surface area contributed by atoms with Crippen molar-refractivity contribution in [3.8, 4) is 0 Å². The summed E-state index contributed by atoms with van der Waals surface area (Å²) in [5.41, 5.74) is 2.11. The van der Waals surface area contributed by atoms with E-state index < -0.39 is 0 Å². The molecule has 0 unspecified atom stereocenters. The average Bonchev–Trinajstić information content (AvgIpc) is 3.07. The molecule has 1 fully saturated rings. The minimum Gasteiger partial charge on any atom is -0.461 e. The van der Waals surface area contributed by atoms with Crippen LogP contribution in [0.1, 0.15) is 30.6 Å². The van der Waals surface area contributed by atoms with E-state index in [1.807, 2.05) is 19.1 Å². The van der Waals surface area contributed by atoms with E-state index in [0.29, 0.717) is 18.1 Å². The van der Waals surface area contributed by atoms with Crippen LogP contribution in [-0.4, -0.2) is 5.78 Å². The molecule has 0 spiro atoms. The Morgan fingerprint density at radius 3 is 2.94 bits per heavy atom. The zero-order valence-corrected chi connectivity index (χ0v) is 10.0. The van der Waals surface area contributed by atoms with Crippen LogP contribution in [-0.2, 0) is 11.2 Å². The molecular weight excluding hydrogens is 212 g/mol. The minimum absolute atomic E-state index is 0.362. The lowest BCUT2D eigenvalue weighted by atomic mass is 10.1. The maximum Gasteiger partial charge on any atom is 0.137 e. The first-order valence-corrected chi connectivity index (χ1v) is 6.25. The van der Waals surface area contributed by atoms with Crippen LogP contribution in [0.4, 0.5) is 0 Å². The van der Waals surface area contributed by atoms with Gasteiger partial charge in [-0.3, -0.25) is 4.79 Å². The predicted octanol–water partition coefficient (Wildman–Crippen LogP) is 3.65. The summed E-state index contributed by atoms with van der Waals surface area (Å²) in [5.74, 6) is 1.70. The number of carbonyl (C=O) groups excluding carboxylic acids is 1. The summed E-state index contributed by atoms with van der Waals surface area (Å²) in [7, 11) is 0. The third kappa shape index (κ3) is 2.12. The Morgan fingerprint density at radius 2 is 2.24 bits per heavy atom. The molecule has 2 heteroatoms. The van der Waals surface area contributed by atoms with Crippen LogP contribution >= 0.6 is 0 Å². The molecule has 0 saturated heterocycles. The molecule has 0 atom stereocenters. The SMILES string of the molecule is Cc1cccc2cc(CCC(=O)C3CC3)oc12. The molecular formula is C15H16O2. The highest BCUT2D eigenvalue weighted by molar-refractivity contribution is 5.84. The Kier molecular flexibility index (Phi) is 2.50. The number of furan rings is 1. The molecule has 17 heavy (non-hydrogen) atoms. The van der Waals surface area contributed by atoms with Gasteiger partial charge in [0.1, 0.15) is 17.1 Å². The van der Waals surface area contributed by atoms with E-state index in [4.69, 9.17) is 4.42 Å². The van der Waals surface area contributed by atoms with E-state index in [-0.39, 0.29) is 0 Å². The van der Waals surface area contributed by atoms with Gasteiger partial charge in [-0.1, -0.05) is 18.2 Å². The van der Waals surface area contributed by atoms with Crippen molar-refractivity contribution in [1.82, 2.24) is 0 Å². The van der Waals surface area contributed by atoms with Gasteiger partial charge >= 0.3 is 0 Å². The normalized spacial score (nSPS) is 15.4. The smallest absolute Gasteiger partial charge is 0.137 e. The molecule has 3 rings (SSSR count). The highest BCUT2D eigenvalue weighted by Gasteiger charge is 2.28. The van der Waals surface area contributed by atoms with Crippen LogP contribution in [0.5, 0.6) is 0 Å². The molecule has 1 aliphatic rings. The van der Waals surface area contributed by atoms with Crippen molar-refractivity contribution >= 4 is 16.8 Å². The largest absolute Gasteiger partial charge is 0.461 e. The Hall–Kier alpha value is -1.57. The molecule has 0 N–H and O–H groups in total. The molecule has 2 aromatic rings. The maximum absolute atomic E-state index is 11.6. The lowest BCUT2D eigenvalue weighted by Crippen LogP contribution is -2.01. The summed E-state index contributed by atoms with van der Waals surface area (Å²) < 4.78 is 5.80. The fourth-order valence-electron chi connectivity index (χ4n) is 2.24. The van der Waals surface area contributed by atoms with Gasteiger partial charge in [-0.25, -0.2) is 0 Å². The Balaban J connectivity index is 1.76. The van der Waals surface area contributed by atoms with E-state index in [2.05, 4.69) is 12.1 Å². The van der Waals surface area contributed by atoms with Gasteiger partial charge in [-0.05, 0) is 31.4 Å². The second-order valence-electron chi connectivity index (χ2n) is 4.95. The first kappa shape index (κ1) is 10.6. The van der Waals surface area contributed by atoms with E-state index >= 15 is 0 Å². The van der Waals surface area contributed by atoms with Crippen molar-refractivity contribution in [2.75, 3.05) is 0 Å². The van der Waals surface area contributed by atoms with Crippen LogP contribution in [0.15, 0.2) is 28.7 Å². The van der Waals surface area contributed by atoms with E-state index in [9.17, 15) is 4.79 Å². The third-order valence-corrected chi connectivity index (χ3v) is 3.44. The highest BCUT2D eigenvalue weighted by Crippen LogP contribution is 2.31. The van der Waals surface area contributed by atoms with Crippen LogP contribution in [0.2, 0.25) is 0 Å². The van der Waals surface area contributed by atoms with Gasteiger partial charge in [0.2, 0.25) is 0 Å². The van der Waals surface area contributed by atoms with E-state index in [1.165, 1.54) is 0 Å². The topological polar surface area (TPSA) is 30.2 Å². The second kappa shape index (κ2) is 4.02. The number of aryl methyl sites for hydroxylation is 2. The van der Waals surface area contributed by atoms with E-state index in [1.54, 1.807) is 0 Å². The van der Waals surface area contributed by atoms with Crippen LogP contribution in [0.3, 0.4) is 0 Å². The van der Waals surface area contributed by atoms with Gasteiger partial charge in [-0.15, -0.1) is 0 Å². The number of rotatable bonds is 4. The van der Waals surface area contributed by atoms with Gasteiger partial charge in [0.15, 0.2) is 0 Å². The summed E-state index contributed by atoms with van der Waals surface area (Å²) in [6.07, 6.45) is 3.56. The molecule has 0 aliphatic heterocycles. The van der Waals surface area contributed by atoms with Gasteiger partial charge in [0.05, 0.1) is 0 Å². The lowest BCUT2D eigenvalue weighted by Gasteiger charge is -1.96. The van der Waals surface area contributed by atoms with Crippen LogP contribution in [0.25, 0.3) is 11.0 Å². The summed E-state index contributed by atoms with van der Waals surface area (Å²) in [6, 6.07) is 8.19. The number of benzene rings is 1. The Labute approximate surface area is 101 Å². The fourth-order valence-corrected chi connectivity index (χ4v) is 2.24. The fraction of sp³-hybridized carbons (Fsp3) is 0.400. The summed E-state index contributed by atoms with van der Waals surface area (Å²) >= 11 is 0. The standard InChI is InChI=1S/C15H16O2/c1-10-3-2-4-12-9-13(17-15(10)12)7-8-14(16)11-5-6-11/h2-4,9,11H,5-8H2,1H3. The Morgan fingerprint density at radius 1 is 1.41 bits per heavy atom. The molecule has 0 radical (unpaired) electrons. The van der Waals surface area contributed by atoms with Gasteiger partial charge in [0, 0.05) is 24.1 Å². The third-order valence-electron chi connectivity index (χ3n) is 3.44. The van der Waals surface area contributed by atoms with Crippen LogP contribution in [0, 0.1) is 12.8 Å². The maximum atomic E-state index is 11.6. The minimum atomic E-state index is 0.362. The van der Waals surface area contributed by atoms with Gasteiger partial charge < -0.3 is 4.42 Å². The average molecular weight is 228 g/mol. The predicted molar refractivity (Wildman–Crippen MR) is 67.0 cm³/mol. The van der Waals surface area contributed by atoms with Crippen molar-refractivity contribution in [3.05, 3.63) is 35.6 Å². The number of hydrogen-bond acceptors (Lipinski definition) is 2. The molecule has 1 aliphatic carbocycles. The first-order valence-electron chi connectivity index (χ1n) is 6.25. The van der Waals surface area contributed by atoms with E-state index in [0.717, 1.165) is 41.6 Å². The van der Waals surface area contributed by atoms with Gasteiger partial charge in [0.25, 0.3) is 0 Å². The second-order valence-corrected chi connectivity index (χ2v) is 4.95. The van der Waals surface area contributed by atoms with Crippen molar-refractivity contribution in [2.24, 2.45) is 5.92 Å². The van der Waals surface area contributed by atoms with Crippen molar-refractivity contribution in [2.45, 2.75) is 32.6 Å². The molecule has 1 heterocycles. The van der Waals surface area contributed by atoms with Crippen LogP contribution < -0.4 is 0 Å². The number of fused-ring (bicyclic) bond motifs is 1. The Bertz CT molecular complexity index is 561. The molecule has 2 nitrogen and oxygen atoms in total. The van der Waals surface area contributed by atoms with Gasteiger partial charge in [-0.2, -0.15) is 0 Å². The summed E-state index contributed by atoms with van der Waals surface area (Å²) in [5, 5.41) is 1.14. The van der Waals surface area contributed by atoms with Crippen molar-refractivity contribution < 1.29 is 9.21 Å².